The molecule has 1 aromatic rings. The monoisotopic (exact) mass is 237 g/mol. The van der Waals surface area contributed by atoms with Crippen LogP contribution in [0.3, 0.4) is 0 Å². The van der Waals surface area contributed by atoms with Gasteiger partial charge in [-0.3, -0.25) is 9.59 Å². The summed E-state index contributed by atoms with van der Waals surface area (Å²) >= 11 is 0. The van der Waals surface area contributed by atoms with Crippen molar-refractivity contribution in [2.75, 3.05) is 11.4 Å². The maximum absolute atomic E-state index is 13.4. The summed E-state index contributed by atoms with van der Waals surface area (Å²) in [5.74, 6) is -2.95. The zero-order chi connectivity index (χ0) is 12.6. The summed E-state index contributed by atoms with van der Waals surface area (Å²) in [5, 5.41) is 8.64. The number of rotatable bonds is 2. The van der Waals surface area contributed by atoms with E-state index in [1.54, 1.807) is 0 Å². The van der Waals surface area contributed by atoms with Crippen LogP contribution < -0.4 is 4.90 Å². The van der Waals surface area contributed by atoms with Crippen molar-refractivity contribution >= 4 is 23.3 Å². The van der Waals surface area contributed by atoms with Crippen LogP contribution >= 0.6 is 0 Å². The Labute approximate surface area is 95.5 Å². The molecule has 1 saturated heterocycles. The zero-order valence-corrected chi connectivity index (χ0v) is 8.64. The van der Waals surface area contributed by atoms with Gasteiger partial charge >= 0.3 is 5.97 Å². The number of aromatic carboxylic acids is 1. The molecule has 5 nitrogen and oxygen atoms in total. The number of carbonyl (C=O) groups excluding carboxylic acids is 2. The van der Waals surface area contributed by atoms with Crippen molar-refractivity contribution in [2.45, 2.75) is 6.42 Å². The highest BCUT2D eigenvalue weighted by molar-refractivity contribution is 6.15. The van der Waals surface area contributed by atoms with Crippen LogP contribution in [0.4, 0.5) is 10.1 Å². The third kappa shape index (κ3) is 2.01. The molecule has 1 N–H and O–H groups in total. The molecular formula is C11H8FNO4. The van der Waals surface area contributed by atoms with E-state index in [9.17, 15) is 18.8 Å². The third-order valence-corrected chi connectivity index (χ3v) is 2.48. The molecule has 17 heavy (non-hydrogen) atoms. The summed E-state index contributed by atoms with van der Waals surface area (Å²) in [6.07, 6.45) is -0.192. The second-order valence-electron chi connectivity index (χ2n) is 3.66. The Balaban J connectivity index is 2.35. The summed E-state index contributed by atoms with van der Waals surface area (Å²) in [7, 11) is 0. The Morgan fingerprint density at radius 3 is 2.53 bits per heavy atom. The van der Waals surface area contributed by atoms with Gasteiger partial charge in [-0.15, -0.1) is 0 Å². The first kappa shape index (κ1) is 11.3. The molecule has 0 unspecified atom stereocenters. The minimum absolute atomic E-state index is 0.0926. The van der Waals surface area contributed by atoms with Crippen LogP contribution in [-0.2, 0) is 9.59 Å². The van der Waals surface area contributed by atoms with Gasteiger partial charge in [0.25, 0.3) is 0 Å². The summed E-state index contributed by atoms with van der Waals surface area (Å²) in [5.41, 5.74) is -0.268. The maximum Gasteiger partial charge on any atom is 0.338 e. The number of carbonyl (C=O) groups is 3. The molecule has 6 heteroatoms. The Kier molecular flexibility index (Phi) is 2.63. The number of Topliss-reactive ketones (excluding diaryl/α,β-unsaturated/α-hetero) is 1. The number of halogens is 1. The lowest BCUT2D eigenvalue weighted by molar-refractivity contribution is -0.121. The zero-order valence-electron chi connectivity index (χ0n) is 8.64. The van der Waals surface area contributed by atoms with Gasteiger partial charge in [0, 0.05) is 5.69 Å². The van der Waals surface area contributed by atoms with Gasteiger partial charge in [-0.25, -0.2) is 9.18 Å². The highest BCUT2D eigenvalue weighted by Crippen LogP contribution is 2.22. The molecule has 0 radical (unpaired) electrons. The van der Waals surface area contributed by atoms with Crippen LogP contribution in [0.1, 0.15) is 16.8 Å². The van der Waals surface area contributed by atoms with E-state index in [1.165, 1.54) is 6.07 Å². The van der Waals surface area contributed by atoms with Crippen molar-refractivity contribution in [3.63, 3.8) is 0 Å². The number of carboxylic acid groups (broad SMARTS) is 1. The van der Waals surface area contributed by atoms with Gasteiger partial charge in [-0.1, -0.05) is 0 Å². The largest absolute Gasteiger partial charge is 0.478 e. The maximum atomic E-state index is 13.4. The average molecular weight is 237 g/mol. The van der Waals surface area contributed by atoms with E-state index in [0.717, 1.165) is 17.0 Å². The van der Waals surface area contributed by atoms with Crippen LogP contribution in [0.2, 0.25) is 0 Å². The lowest BCUT2D eigenvalue weighted by atomic mass is 10.2. The molecule has 1 heterocycles. The topological polar surface area (TPSA) is 74.7 Å². The molecule has 1 fully saturated rings. The quantitative estimate of drug-likeness (QED) is 0.773. The second-order valence-corrected chi connectivity index (χ2v) is 3.66. The molecule has 0 aliphatic carbocycles. The standard InChI is InChI=1S/C11H8FNO4/c12-9-3-6(1-2-8(9)11(16)17)13-5-7(14)4-10(13)15/h1-3H,4-5H2,(H,16,17). The molecule has 1 aromatic carbocycles. The van der Waals surface area contributed by atoms with E-state index in [2.05, 4.69) is 0 Å². The summed E-state index contributed by atoms with van der Waals surface area (Å²) in [6, 6.07) is 3.33. The van der Waals surface area contributed by atoms with Gasteiger partial charge < -0.3 is 10.0 Å². The molecule has 88 valence electrons. The third-order valence-electron chi connectivity index (χ3n) is 2.48. The Morgan fingerprint density at radius 1 is 1.35 bits per heavy atom. The number of benzene rings is 1. The van der Waals surface area contributed by atoms with Crippen LogP contribution in [0, 0.1) is 5.82 Å². The van der Waals surface area contributed by atoms with E-state index in [-0.39, 0.29) is 24.4 Å². The lowest BCUT2D eigenvalue weighted by Crippen LogP contribution is -2.24. The van der Waals surface area contributed by atoms with Crippen molar-refractivity contribution < 1.29 is 23.9 Å². The fourth-order valence-corrected chi connectivity index (χ4v) is 1.67. The molecule has 1 amide bonds. The van der Waals surface area contributed by atoms with Gasteiger partial charge in [-0.05, 0) is 18.2 Å². The summed E-state index contributed by atoms with van der Waals surface area (Å²) in [4.78, 5) is 34.2. The van der Waals surface area contributed by atoms with E-state index in [4.69, 9.17) is 5.11 Å². The second kappa shape index (κ2) is 3.97. The fraction of sp³-hybridized carbons (Fsp3) is 0.182. The fourth-order valence-electron chi connectivity index (χ4n) is 1.67. The lowest BCUT2D eigenvalue weighted by Gasteiger charge is -2.14. The average Bonchev–Trinajstić information content (AvgIpc) is 2.57. The number of nitrogens with zero attached hydrogens (tertiary/aromatic N) is 1. The number of ketones is 1. The molecule has 0 saturated carbocycles. The first-order chi connectivity index (χ1) is 7.99. The van der Waals surface area contributed by atoms with Gasteiger partial charge in [-0.2, -0.15) is 0 Å². The Morgan fingerprint density at radius 2 is 2.06 bits per heavy atom. The minimum Gasteiger partial charge on any atom is -0.478 e. The normalized spacial score (nSPS) is 15.5. The van der Waals surface area contributed by atoms with Crippen LogP contribution in [0.15, 0.2) is 18.2 Å². The van der Waals surface area contributed by atoms with E-state index in [0.29, 0.717) is 0 Å². The summed E-state index contributed by atoms with van der Waals surface area (Å²) in [6.45, 7) is -0.0926. The molecule has 2 rings (SSSR count). The van der Waals surface area contributed by atoms with Gasteiger partial charge in [0.1, 0.15) is 5.82 Å². The minimum atomic E-state index is -1.38. The van der Waals surface area contributed by atoms with Crippen molar-refractivity contribution in [1.29, 1.82) is 0 Å². The number of hydrogen-bond acceptors (Lipinski definition) is 3. The number of carboxylic acids is 1. The first-order valence-electron chi connectivity index (χ1n) is 4.84. The van der Waals surface area contributed by atoms with Crippen molar-refractivity contribution in [3.8, 4) is 0 Å². The van der Waals surface area contributed by atoms with Crippen LogP contribution in [-0.4, -0.2) is 29.3 Å². The van der Waals surface area contributed by atoms with Crippen molar-refractivity contribution in [2.24, 2.45) is 0 Å². The highest BCUT2D eigenvalue weighted by Gasteiger charge is 2.29. The number of hydrogen-bond donors (Lipinski definition) is 1. The number of anilines is 1. The molecular weight excluding hydrogens is 229 g/mol. The van der Waals surface area contributed by atoms with E-state index < -0.39 is 23.3 Å². The van der Waals surface area contributed by atoms with Crippen molar-refractivity contribution in [3.05, 3.63) is 29.6 Å². The first-order valence-corrected chi connectivity index (χ1v) is 4.84. The smallest absolute Gasteiger partial charge is 0.338 e. The van der Waals surface area contributed by atoms with Crippen LogP contribution in [0.25, 0.3) is 0 Å². The summed E-state index contributed by atoms with van der Waals surface area (Å²) < 4.78 is 13.4. The molecule has 1 aliphatic heterocycles. The van der Waals surface area contributed by atoms with Gasteiger partial charge in [0.15, 0.2) is 5.78 Å². The number of amides is 1. The van der Waals surface area contributed by atoms with Crippen molar-refractivity contribution in [1.82, 2.24) is 0 Å². The molecule has 1 aliphatic rings. The molecule has 0 bridgehead atoms. The Hall–Kier alpha value is -2.24. The van der Waals surface area contributed by atoms with E-state index in [1.807, 2.05) is 0 Å². The predicted molar refractivity (Wildman–Crippen MR) is 55.3 cm³/mol. The van der Waals surface area contributed by atoms with E-state index >= 15 is 0 Å². The molecule has 0 atom stereocenters. The van der Waals surface area contributed by atoms with Crippen LogP contribution in [0.5, 0.6) is 0 Å². The highest BCUT2D eigenvalue weighted by atomic mass is 19.1. The molecule has 0 spiro atoms. The van der Waals surface area contributed by atoms with Gasteiger partial charge in [0.05, 0.1) is 18.5 Å². The SMILES string of the molecule is O=C1CC(=O)N(c2ccc(C(=O)O)c(F)c2)C1. The molecule has 0 aromatic heterocycles. The Bertz CT molecular complexity index is 526. The predicted octanol–water partition coefficient (Wildman–Crippen LogP) is 0.830. The van der Waals surface area contributed by atoms with Gasteiger partial charge in [0.2, 0.25) is 5.91 Å².